The highest BCUT2D eigenvalue weighted by atomic mass is 16.5. The fourth-order valence-corrected chi connectivity index (χ4v) is 5.20. The molecule has 2 unspecified atom stereocenters. The number of fused-ring (bicyclic) bond motifs is 3. The zero-order chi connectivity index (χ0) is 24.1. The van der Waals surface area contributed by atoms with Crippen LogP contribution in [-0.4, -0.2) is 54.2 Å². The van der Waals surface area contributed by atoms with Gasteiger partial charge in [-0.2, -0.15) is 0 Å². The number of alkyl carbamates (subject to hydrolysis) is 1. The lowest BCUT2D eigenvalue weighted by Gasteiger charge is -2.32. The van der Waals surface area contributed by atoms with Gasteiger partial charge in [0.2, 0.25) is 5.91 Å². The molecule has 2 aromatic rings. The van der Waals surface area contributed by atoms with E-state index in [0.717, 1.165) is 25.7 Å². The van der Waals surface area contributed by atoms with Gasteiger partial charge in [0.05, 0.1) is 6.42 Å². The van der Waals surface area contributed by atoms with E-state index >= 15 is 0 Å². The topological polar surface area (TPSA) is 95.9 Å². The maximum atomic E-state index is 12.7. The molecule has 0 aliphatic heterocycles. The number of hydrogen-bond donors (Lipinski definition) is 2. The van der Waals surface area contributed by atoms with Crippen LogP contribution in [0.4, 0.5) is 4.79 Å². The number of benzene rings is 2. The molecule has 34 heavy (non-hydrogen) atoms. The summed E-state index contributed by atoms with van der Waals surface area (Å²) in [6, 6.07) is 16.3. The first-order valence-electron chi connectivity index (χ1n) is 12.0. The van der Waals surface area contributed by atoms with Crippen LogP contribution in [0.3, 0.4) is 0 Å². The summed E-state index contributed by atoms with van der Waals surface area (Å²) in [4.78, 5) is 37.6. The first-order valence-corrected chi connectivity index (χ1v) is 12.0. The second-order valence-corrected chi connectivity index (χ2v) is 9.28. The average molecular weight is 465 g/mol. The fraction of sp³-hybridized carbons (Fsp3) is 0.444. The average Bonchev–Trinajstić information content (AvgIpc) is 3.16. The predicted octanol–water partition coefficient (Wildman–Crippen LogP) is 4.41. The molecule has 180 valence electrons. The van der Waals surface area contributed by atoms with Gasteiger partial charge < -0.3 is 20.1 Å². The van der Waals surface area contributed by atoms with Crippen LogP contribution in [0, 0.1) is 5.92 Å². The first-order chi connectivity index (χ1) is 16.4. The van der Waals surface area contributed by atoms with Gasteiger partial charge in [-0.05, 0) is 41.0 Å². The van der Waals surface area contributed by atoms with Gasteiger partial charge in [-0.3, -0.25) is 9.59 Å². The predicted molar refractivity (Wildman–Crippen MR) is 128 cm³/mol. The first kappa shape index (κ1) is 23.8. The van der Waals surface area contributed by atoms with Gasteiger partial charge in [0.1, 0.15) is 6.61 Å². The molecule has 1 fully saturated rings. The summed E-state index contributed by atoms with van der Waals surface area (Å²) >= 11 is 0. The molecule has 0 bridgehead atoms. The number of aliphatic carboxylic acids is 1. The molecule has 1 saturated carbocycles. The minimum Gasteiger partial charge on any atom is -0.481 e. The highest BCUT2D eigenvalue weighted by Gasteiger charge is 2.32. The summed E-state index contributed by atoms with van der Waals surface area (Å²) in [5.74, 6) is -0.988. The Morgan fingerprint density at radius 1 is 1.00 bits per heavy atom. The largest absolute Gasteiger partial charge is 0.481 e. The number of ether oxygens (including phenoxy) is 1. The SMILES string of the molecule is CN(CCC(=O)O)C(=O)CC1CCCCC1NC(=O)OCC1c2ccccc2-c2ccccc21. The zero-order valence-electron chi connectivity index (χ0n) is 19.5. The van der Waals surface area contributed by atoms with Crippen LogP contribution >= 0.6 is 0 Å². The maximum Gasteiger partial charge on any atom is 0.407 e. The van der Waals surface area contributed by atoms with Gasteiger partial charge in [-0.1, -0.05) is 61.4 Å². The van der Waals surface area contributed by atoms with E-state index in [1.165, 1.54) is 27.2 Å². The molecule has 2 N–H and O–H groups in total. The number of hydrogen-bond acceptors (Lipinski definition) is 4. The standard InChI is InChI=1S/C27H32N2O5/c1-29(15-14-26(31)32)25(30)16-18-8-2-7-13-24(18)28-27(33)34-17-23-21-11-5-3-9-19(21)20-10-4-6-12-22(20)23/h3-6,9-12,18,23-24H,2,7-8,13-17H2,1H3,(H,28,33)(H,31,32). The van der Waals surface area contributed by atoms with E-state index in [1.807, 2.05) is 24.3 Å². The second-order valence-electron chi connectivity index (χ2n) is 9.28. The molecule has 4 rings (SSSR count). The van der Waals surface area contributed by atoms with E-state index in [2.05, 4.69) is 29.6 Å². The zero-order valence-corrected chi connectivity index (χ0v) is 19.5. The Kier molecular flexibility index (Phi) is 7.50. The van der Waals surface area contributed by atoms with Crippen molar-refractivity contribution in [1.82, 2.24) is 10.2 Å². The van der Waals surface area contributed by atoms with Gasteiger partial charge in [0.15, 0.2) is 0 Å². The molecule has 2 atom stereocenters. The number of carboxylic acids is 1. The van der Waals surface area contributed by atoms with Gasteiger partial charge >= 0.3 is 12.1 Å². The van der Waals surface area contributed by atoms with Crippen molar-refractivity contribution in [2.45, 2.75) is 50.5 Å². The van der Waals surface area contributed by atoms with Crippen molar-refractivity contribution in [1.29, 1.82) is 0 Å². The van der Waals surface area contributed by atoms with Crippen molar-refractivity contribution in [3.63, 3.8) is 0 Å². The number of carbonyl (C=O) groups is 3. The van der Waals surface area contributed by atoms with E-state index in [0.29, 0.717) is 6.42 Å². The van der Waals surface area contributed by atoms with E-state index < -0.39 is 12.1 Å². The molecule has 2 aliphatic rings. The quantitative estimate of drug-likeness (QED) is 0.603. The Bertz CT molecular complexity index is 1010. The normalized spacial score (nSPS) is 19.1. The van der Waals surface area contributed by atoms with Crippen LogP contribution in [0.1, 0.15) is 55.6 Å². The molecular weight excluding hydrogens is 432 g/mol. The number of nitrogens with one attached hydrogen (secondary N) is 1. The van der Waals surface area contributed by atoms with E-state index in [1.54, 1.807) is 7.05 Å². The molecule has 0 aromatic heterocycles. The van der Waals surface area contributed by atoms with Crippen molar-refractivity contribution < 1.29 is 24.2 Å². The summed E-state index contributed by atoms with van der Waals surface area (Å²) in [6.07, 6.45) is 3.44. The molecule has 7 nitrogen and oxygen atoms in total. The van der Waals surface area contributed by atoms with E-state index in [-0.39, 0.29) is 43.4 Å². The minimum atomic E-state index is -0.924. The van der Waals surface area contributed by atoms with Gasteiger partial charge in [0.25, 0.3) is 0 Å². The van der Waals surface area contributed by atoms with E-state index in [4.69, 9.17) is 9.84 Å². The fourth-order valence-electron chi connectivity index (χ4n) is 5.20. The maximum absolute atomic E-state index is 12.7. The monoisotopic (exact) mass is 464 g/mol. The molecular formula is C27H32N2O5. The molecule has 0 spiro atoms. The third-order valence-corrected chi connectivity index (χ3v) is 7.08. The second kappa shape index (κ2) is 10.7. The molecule has 2 aromatic carbocycles. The third kappa shape index (κ3) is 5.41. The van der Waals surface area contributed by atoms with Crippen LogP contribution < -0.4 is 5.32 Å². The Labute approximate surface area is 200 Å². The van der Waals surface area contributed by atoms with Crippen LogP contribution in [-0.2, 0) is 14.3 Å². The van der Waals surface area contributed by atoms with Gasteiger partial charge in [-0.25, -0.2) is 4.79 Å². The number of rotatable bonds is 8. The molecule has 2 amide bonds. The third-order valence-electron chi connectivity index (χ3n) is 7.08. The Morgan fingerprint density at radius 2 is 1.62 bits per heavy atom. The summed E-state index contributed by atoms with van der Waals surface area (Å²) in [7, 11) is 1.63. The number of carbonyl (C=O) groups excluding carboxylic acids is 2. The van der Waals surface area contributed by atoms with Gasteiger partial charge in [0, 0.05) is 32.0 Å². The Morgan fingerprint density at radius 3 is 2.26 bits per heavy atom. The number of carboxylic acid groups (broad SMARTS) is 1. The number of nitrogens with zero attached hydrogens (tertiary/aromatic N) is 1. The highest BCUT2D eigenvalue weighted by molar-refractivity contribution is 5.79. The summed E-state index contributed by atoms with van der Waals surface area (Å²) in [6.45, 7) is 0.444. The van der Waals surface area contributed by atoms with Crippen molar-refractivity contribution >= 4 is 18.0 Å². The number of amides is 2. The highest BCUT2D eigenvalue weighted by Crippen LogP contribution is 2.44. The van der Waals surface area contributed by atoms with Crippen LogP contribution in [0.15, 0.2) is 48.5 Å². The lowest BCUT2D eigenvalue weighted by molar-refractivity contribution is -0.138. The minimum absolute atomic E-state index is 0.00441. The summed E-state index contributed by atoms with van der Waals surface area (Å²) in [5.41, 5.74) is 4.71. The van der Waals surface area contributed by atoms with Crippen molar-refractivity contribution in [3.05, 3.63) is 59.7 Å². The van der Waals surface area contributed by atoms with Crippen molar-refractivity contribution in [2.24, 2.45) is 5.92 Å². The molecule has 0 heterocycles. The van der Waals surface area contributed by atoms with Crippen LogP contribution in [0.2, 0.25) is 0 Å². The van der Waals surface area contributed by atoms with Crippen molar-refractivity contribution in [3.8, 4) is 11.1 Å². The summed E-state index contributed by atoms with van der Waals surface area (Å²) in [5, 5.41) is 11.9. The molecule has 0 radical (unpaired) electrons. The Hall–Kier alpha value is -3.35. The molecule has 2 aliphatic carbocycles. The van der Waals surface area contributed by atoms with Crippen LogP contribution in [0.5, 0.6) is 0 Å². The molecule has 0 saturated heterocycles. The van der Waals surface area contributed by atoms with Crippen LogP contribution in [0.25, 0.3) is 11.1 Å². The lowest BCUT2D eigenvalue weighted by Crippen LogP contribution is -2.44. The molecule has 7 heteroatoms. The van der Waals surface area contributed by atoms with Crippen molar-refractivity contribution in [2.75, 3.05) is 20.2 Å². The smallest absolute Gasteiger partial charge is 0.407 e. The Balaban J connectivity index is 1.34. The van der Waals surface area contributed by atoms with Gasteiger partial charge in [-0.15, -0.1) is 0 Å². The lowest BCUT2D eigenvalue weighted by atomic mass is 9.82. The van der Waals surface area contributed by atoms with E-state index in [9.17, 15) is 14.4 Å². The summed E-state index contributed by atoms with van der Waals surface area (Å²) < 4.78 is 5.70.